The Morgan fingerprint density at radius 2 is 2.18 bits per heavy atom. The lowest BCUT2D eigenvalue weighted by atomic mass is 10.2. The first-order valence-corrected chi connectivity index (χ1v) is 6.28. The fourth-order valence-electron chi connectivity index (χ4n) is 2.18. The van der Waals surface area contributed by atoms with E-state index in [4.69, 9.17) is 0 Å². The maximum atomic E-state index is 11.7. The lowest BCUT2D eigenvalue weighted by molar-refractivity contribution is 0.0953. The Morgan fingerprint density at radius 1 is 1.35 bits per heavy atom. The van der Waals surface area contributed by atoms with E-state index in [0.29, 0.717) is 18.2 Å². The highest BCUT2D eigenvalue weighted by Crippen LogP contribution is 2.16. The van der Waals surface area contributed by atoms with Crippen LogP contribution in [-0.4, -0.2) is 30.0 Å². The Morgan fingerprint density at radius 3 is 2.88 bits per heavy atom. The first kappa shape index (κ1) is 12.0. The van der Waals surface area contributed by atoms with Crippen LogP contribution in [0.4, 0.5) is 0 Å². The van der Waals surface area contributed by atoms with Crippen LogP contribution in [0.1, 0.15) is 36.0 Å². The van der Waals surface area contributed by atoms with E-state index in [0.717, 1.165) is 6.54 Å². The molecule has 1 aliphatic rings. The van der Waals surface area contributed by atoms with Crippen LogP contribution in [0, 0.1) is 0 Å². The predicted molar refractivity (Wildman–Crippen MR) is 66.8 cm³/mol. The number of rotatable bonds is 5. The molecule has 0 aliphatic heterocycles. The van der Waals surface area contributed by atoms with Crippen molar-refractivity contribution in [3.63, 3.8) is 0 Å². The van der Waals surface area contributed by atoms with Crippen molar-refractivity contribution in [3.05, 3.63) is 30.1 Å². The van der Waals surface area contributed by atoms with Gasteiger partial charge in [-0.25, -0.2) is 0 Å². The smallest absolute Gasteiger partial charge is 0.252 e. The number of nitrogens with one attached hydrogen (secondary N) is 2. The van der Waals surface area contributed by atoms with Crippen molar-refractivity contribution in [2.45, 2.75) is 31.7 Å². The average Bonchev–Trinajstić information content (AvgIpc) is 2.88. The van der Waals surface area contributed by atoms with Crippen molar-refractivity contribution >= 4 is 5.91 Å². The second kappa shape index (κ2) is 6.35. The molecule has 0 spiro atoms. The number of carbonyl (C=O) groups is 1. The molecule has 0 saturated heterocycles. The van der Waals surface area contributed by atoms with E-state index >= 15 is 0 Å². The molecule has 92 valence electrons. The number of carbonyl (C=O) groups excluding carboxylic acids is 1. The van der Waals surface area contributed by atoms with Crippen LogP contribution >= 0.6 is 0 Å². The van der Waals surface area contributed by atoms with E-state index < -0.39 is 0 Å². The fourth-order valence-corrected chi connectivity index (χ4v) is 2.18. The number of hydrogen-bond donors (Lipinski definition) is 2. The third kappa shape index (κ3) is 3.82. The molecule has 1 aromatic rings. The molecular weight excluding hydrogens is 214 g/mol. The van der Waals surface area contributed by atoms with Gasteiger partial charge in [0.05, 0.1) is 5.56 Å². The molecule has 0 atom stereocenters. The highest BCUT2D eigenvalue weighted by atomic mass is 16.1. The molecule has 4 nitrogen and oxygen atoms in total. The number of amides is 1. The van der Waals surface area contributed by atoms with Gasteiger partial charge < -0.3 is 10.6 Å². The summed E-state index contributed by atoms with van der Waals surface area (Å²) >= 11 is 0. The van der Waals surface area contributed by atoms with Crippen molar-refractivity contribution in [1.82, 2.24) is 15.6 Å². The summed E-state index contributed by atoms with van der Waals surface area (Å²) in [6.45, 7) is 1.51. The quantitative estimate of drug-likeness (QED) is 0.755. The molecule has 1 fully saturated rings. The van der Waals surface area contributed by atoms with E-state index in [2.05, 4.69) is 15.6 Å². The number of aromatic nitrogens is 1. The normalized spacial score (nSPS) is 16.0. The Kier molecular flexibility index (Phi) is 4.50. The highest BCUT2D eigenvalue weighted by molar-refractivity contribution is 5.93. The van der Waals surface area contributed by atoms with Crippen LogP contribution in [0.5, 0.6) is 0 Å². The van der Waals surface area contributed by atoms with Crippen LogP contribution < -0.4 is 10.6 Å². The molecule has 2 rings (SSSR count). The minimum atomic E-state index is -0.0497. The molecule has 0 radical (unpaired) electrons. The zero-order valence-corrected chi connectivity index (χ0v) is 9.98. The molecule has 1 aromatic heterocycles. The second-order valence-corrected chi connectivity index (χ2v) is 4.43. The van der Waals surface area contributed by atoms with Crippen molar-refractivity contribution in [2.24, 2.45) is 0 Å². The zero-order valence-electron chi connectivity index (χ0n) is 9.98. The Bertz CT molecular complexity index is 347. The fraction of sp³-hybridized carbons (Fsp3) is 0.538. The van der Waals surface area contributed by atoms with Crippen molar-refractivity contribution in [2.75, 3.05) is 13.1 Å². The third-order valence-corrected chi connectivity index (χ3v) is 3.12. The van der Waals surface area contributed by atoms with Gasteiger partial charge in [0, 0.05) is 31.5 Å². The highest BCUT2D eigenvalue weighted by Gasteiger charge is 2.13. The molecule has 0 bridgehead atoms. The summed E-state index contributed by atoms with van der Waals surface area (Å²) < 4.78 is 0. The molecule has 17 heavy (non-hydrogen) atoms. The van der Waals surface area contributed by atoms with Crippen LogP contribution in [-0.2, 0) is 0 Å². The number of hydrogen-bond acceptors (Lipinski definition) is 3. The van der Waals surface area contributed by atoms with Crippen molar-refractivity contribution in [3.8, 4) is 0 Å². The van der Waals surface area contributed by atoms with Crippen LogP contribution in [0.25, 0.3) is 0 Å². The summed E-state index contributed by atoms with van der Waals surface area (Å²) in [7, 11) is 0. The van der Waals surface area contributed by atoms with E-state index in [9.17, 15) is 4.79 Å². The first-order chi connectivity index (χ1) is 8.36. The summed E-state index contributed by atoms with van der Waals surface area (Å²) in [5.74, 6) is -0.0497. The first-order valence-electron chi connectivity index (χ1n) is 6.28. The minimum absolute atomic E-state index is 0.0497. The predicted octanol–water partition coefficient (Wildman–Crippen LogP) is 1.34. The lowest BCUT2D eigenvalue weighted by Crippen LogP contribution is -2.35. The summed E-state index contributed by atoms with van der Waals surface area (Å²) in [6, 6.07) is 4.20. The van der Waals surface area contributed by atoms with Gasteiger partial charge >= 0.3 is 0 Å². The van der Waals surface area contributed by atoms with Gasteiger partial charge in [-0.15, -0.1) is 0 Å². The Balaban J connectivity index is 1.63. The molecule has 1 aliphatic carbocycles. The second-order valence-electron chi connectivity index (χ2n) is 4.43. The SMILES string of the molecule is O=C(NCCNC1CCCC1)c1cccnc1. The van der Waals surface area contributed by atoms with Gasteiger partial charge in [0.1, 0.15) is 0 Å². The standard InChI is InChI=1S/C13H19N3O/c17-13(11-4-3-7-14-10-11)16-9-8-15-12-5-1-2-6-12/h3-4,7,10,12,15H,1-2,5-6,8-9H2,(H,16,17). The molecule has 4 heteroatoms. The largest absolute Gasteiger partial charge is 0.351 e. The van der Waals surface area contributed by atoms with Gasteiger partial charge in [-0.3, -0.25) is 9.78 Å². The van der Waals surface area contributed by atoms with Gasteiger partial charge in [0.15, 0.2) is 0 Å². The van der Waals surface area contributed by atoms with Gasteiger partial charge in [0.2, 0.25) is 0 Å². The zero-order chi connectivity index (χ0) is 11.9. The van der Waals surface area contributed by atoms with Crippen LogP contribution in [0.2, 0.25) is 0 Å². The van der Waals surface area contributed by atoms with E-state index in [-0.39, 0.29) is 5.91 Å². The lowest BCUT2D eigenvalue weighted by Gasteiger charge is -2.11. The summed E-state index contributed by atoms with van der Waals surface area (Å²) in [4.78, 5) is 15.6. The van der Waals surface area contributed by atoms with Crippen molar-refractivity contribution in [1.29, 1.82) is 0 Å². The molecule has 1 saturated carbocycles. The van der Waals surface area contributed by atoms with E-state index in [1.165, 1.54) is 25.7 Å². The molecule has 0 aromatic carbocycles. The van der Waals surface area contributed by atoms with Crippen LogP contribution in [0.15, 0.2) is 24.5 Å². The monoisotopic (exact) mass is 233 g/mol. The average molecular weight is 233 g/mol. The molecule has 0 unspecified atom stereocenters. The molecule has 1 heterocycles. The number of pyridine rings is 1. The van der Waals surface area contributed by atoms with E-state index in [1.54, 1.807) is 24.5 Å². The van der Waals surface area contributed by atoms with Crippen LogP contribution in [0.3, 0.4) is 0 Å². The van der Waals surface area contributed by atoms with Gasteiger partial charge in [-0.05, 0) is 25.0 Å². The van der Waals surface area contributed by atoms with Gasteiger partial charge in [0.25, 0.3) is 5.91 Å². The minimum Gasteiger partial charge on any atom is -0.351 e. The maximum Gasteiger partial charge on any atom is 0.252 e. The summed E-state index contributed by atoms with van der Waals surface area (Å²) in [5.41, 5.74) is 0.619. The topological polar surface area (TPSA) is 54.0 Å². The molecule has 2 N–H and O–H groups in total. The Hall–Kier alpha value is -1.42. The maximum absolute atomic E-state index is 11.7. The Labute approximate surface area is 102 Å². The van der Waals surface area contributed by atoms with Crippen molar-refractivity contribution < 1.29 is 4.79 Å². The summed E-state index contributed by atoms with van der Waals surface area (Å²) in [6.07, 6.45) is 8.46. The number of nitrogens with zero attached hydrogens (tertiary/aromatic N) is 1. The molecule has 1 amide bonds. The van der Waals surface area contributed by atoms with Gasteiger partial charge in [-0.1, -0.05) is 12.8 Å². The molecular formula is C13H19N3O. The van der Waals surface area contributed by atoms with E-state index in [1.807, 2.05) is 0 Å². The third-order valence-electron chi connectivity index (χ3n) is 3.12. The van der Waals surface area contributed by atoms with Gasteiger partial charge in [-0.2, -0.15) is 0 Å². The summed E-state index contributed by atoms with van der Waals surface area (Å²) in [5, 5.41) is 6.34.